The first-order valence-corrected chi connectivity index (χ1v) is 8.50. The second-order valence-electron chi connectivity index (χ2n) is 6.98. The van der Waals surface area contributed by atoms with Crippen LogP contribution >= 0.6 is 11.6 Å². The van der Waals surface area contributed by atoms with Crippen LogP contribution in [0.1, 0.15) is 60.6 Å². The lowest BCUT2D eigenvalue weighted by atomic mass is 9.82. The third-order valence-electron chi connectivity index (χ3n) is 5.86. The smallest absolute Gasteiger partial charge is 0.0616 e. The molecule has 4 unspecified atom stereocenters. The summed E-state index contributed by atoms with van der Waals surface area (Å²) in [6, 6.07) is 7.10. The van der Waals surface area contributed by atoms with Gasteiger partial charge in [0, 0.05) is 0 Å². The lowest BCUT2D eigenvalue weighted by Gasteiger charge is -2.27. The minimum atomic E-state index is 0.266. The van der Waals surface area contributed by atoms with Crippen molar-refractivity contribution in [1.82, 2.24) is 0 Å². The largest absolute Gasteiger partial charge is 0.118 e. The Hall–Kier alpha value is -0.490. The Morgan fingerprint density at radius 3 is 2.58 bits per heavy atom. The van der Waals surface area contributed by atoms with Crippen molar-refractivity contribution in [3.63, 3.8) is 0 Å². The Balaban J connectivity index is 1.58. The van der Waals surface area contributed by atoms with Crippen molar-refractivity contribution in [3.05, 3.63) is 34.9 Å². The lowest BCUT2D eigenvalue weighted by molar-refractivity contribution is 0.323. The summed E-state index contributed by atoms with van der Waals surface area (Å²) in [7, 11) is 0. The van der Waals surface area contributed by atoms with Gasteiger partial charge < -0.3 is 0 Å². The molecule has 4 atom stereocenters. The van der Waals surface area contributed by atoms with E-state index in [1.807, 2.05) is 0 Å². The van der Waals surface area contributed by atoms with Gasteiger partial charge in [0.15, 0.2) is 0 Å². The predicted molar refractivity (Wildman–Crippen MR) is 80.6 cm³/mol. The van der Waals surface area contributed by atoms with E-state index in [1.54, 1.807) is 11.1 Å². The highest BCUT2D eigenvalue weighted by atomic mass is 35.5. The average molecular weight is 275 g/mol. The Bertz CT molecular complexity index is 479. The Morgan fingerprint density at radius 2 is 1.84 bits per heavy atom. The van der Waals surface area contributed by atoms with Crippen LogP contribution in [-0.2, 0) is 12.8 Å². The lowest BCUT2D eigenvalue weighted by Crippen LogP contribution is -2.16. The zero-order valence-corrected chi connectivity index (χ0v) is 12.3. The fourth-order valence-electron chi connectivity index (χ4n) is 4.82. The molecule has 0 heterocycles. The second kappa shape index (κ2) is 4.81. The van der Waals surface area contributed by atoms with Gasteiger partial charge in [-0.1, -0.05) is 24.6 Å². The summed E-state index contributed by atoms with van der Waals surface area (Å²) in [5, 5.41) is 0.266. The molecule has 0 radical (unpaired) electrons. The molecule has 0 N–H and O–H groups in total. The van der Waals surface area contributed by atoms with Crippen molar-refractivity contribution in [2.24, 2.45) is 17.8 Å². The first-order chi connectivity index (χ1) is 9.31. The van der Waals surface area contributed by atoms with Crippen LogP contribution in [0.25, 0.3) is 0 Å². The number of fused-ring (bicyclic) bond motifs is 3. The van der Waals surface area contributed by atoms with E-state index in [2.05, 4.69) is 18.2 Å². The highest BCUT2D eigenvalue weighted by Gasteiger charge is 2.42. The SMILES string of the molecule is ClC(c1ccc2c(c1)CCCC2)C1CC2CCC1C2. The highest BCUT2D eigenvalue weighted by Crippen LogP contribution is 2.54. The molecule has 1 aromatic carbocycles. The fourth-order valence-corrected chi connectivity index (χ4v) is 5.27. The first-order valence-electron chi connectivity index (χ1n) is 8.07. The summed E-state index contributed by atoms with van der Waals surface area (Å²) in [5.74, 6) is 2.67. The maximum Gasteiger partial charge on any atom is 0.0616 e. The maximum absolute atomic E-state index is 6.85. The van der Waals surface area contributed by atoms with Gasteiger partial charge in [0.2, 0.25) is 0 Å². The normalized spacial score (nSPS) is 34.3. The molecule has 0 aromatic heterocycles. The number of aryl methyl sites for hydroxylation is 2. The Labute approximate surface area is 121 Å². The van der Waals surface area contributed by atoms with Crippen molar-refractivity contribution in [2.45, 2.75) is 56.7 Å². The van der Waals surface area contributed by atoms with E-state index in [-0.39, 0.29) is 5.38 Å². The molecule has 4 rings (SSSR count). The van der Waals surface area contributed by atoms with Crippen LogP contribution in [-0.4, -0.2) is 0 Å². The molecule has 2 bridgehead atoms. The van der Waals surface area contributed by atoms with Gasteiger partial charge in [0.25, 0.3) is 0 Å². The Kier molecular flexibility index (Phi) is 3.10. The summed E-state index contributed by atoms with van der Waals surface area (Å²) in [6.07, 6.45) is 11.0. The van der Waals surface area contributed by atoms with E-state index in [0.29, 0.717) is 0 Å². The van der Waals surface area contributed by atoms with Crippen molar-refractivity contribution in [3.8, 4) is 0 Å². The van der Waals surface area contributed by atoms with Gasteiger partial charge in [-0.15, -0.1) is 11.6 Å². The number of halogens is 1. The Morgan fingerprint density at radius 1 is 1.00 bits per heavy atom. The van der Waals surface area contributed by atoms with Crippen molar-refractivity contribution < 1.29 is 0 Å². The molecule has 2 fully saturated rings. The summed E-state index contributed by atoms with van der Waals surface area (Å²) >= 11 is 6.85. The van der Waals surface area contributed by atoms with Crippen LogP contribution in [0, 0.1) is 17.8 Å². The molecule has 1 heteroatoms. The van der Waals surface area contributed by atoms with Crippen LogP contribution < -0.4 is 0 Å². The van der Waals surface area contributed by atoms with E-state index in [9.17, 15) is 0 Å². The van der Waals surface area contributed by atoms with Crippen LogP contribution in [0.2, 0.25) is 0 Å². The van der Waals surface area contributed by atoms with Crippen molar-refractivity contribution >= 4 is 11.6 Å². The standard InChI is InChI=1S/C18H23Cl/c19-18(17-10-12-5-6-15(17)9-12)16-8-7-13-3-1-2-4-14(13)11-16/h7-8,11-12,15,17-18H,1-6,9-10H2. The third kappa shape index (κ3) is 2.13. The van der Waals surface area contributed by atoms with Gasteiger partial charge in [0.05, 0.1) is 5.38 Å². The number of hydrogen-bond acceptors (Lipinski definition) is 0. The second-order valence-corrected chi connectivity index (χ2v) is 7.45. The van der Waals surface area contributed by atoms with Crippen LogP contribution in [0.15, 0.2) is 18.2 Å². The van der Waals surface area contributed by atoms with Gasteiger partial charge >= 0.3 is 0 Å². The van der Waals surface area contributed by atoms with Gasteiger partial charge in [0.1, 0.15) is 0 Å². The third-order valence-corrected chi connectivity index (χ3v) is 6.44. The van der Waals surface area contributed by atoms with E-state index in [4.69, 9.17) is 11.6 Å². The number of benzene rings is 1. The molecule has 1 aromatic rings. The predicted octanol–water partition coefficient (Wildman–Crippen LogP) is 5.28. The first kappa shape index (κ1) is 12.3. The van der Waals surface area contributed by atoms with E-state index >= 15 is 0 Å². The summed E-state index contributed by atoms with van der Waals surface area (Å²) < 4.78 is 0. The highest BCUT2D eigenvalue weighted by molar-refractivity contribution is 6.21. The zero-order chi connectivity index (χ0) is 12.8. The van der Waals surface area contributed by atoms with E-state index in [0.717, 1.165) is 17.8 Å². The molecule has 19 heavy (non-hydrogen) atoms. The van der Waals surface area contributed by atoms with Crippen molar-refractivity contribution in [1.29, 1.82) is 0 Å². The van der Waals surface area contributed by atoms with E-state index in [1.165, 1.54) is 56.9 Å². The quantitative estimate of drug-likeness (QED) is 0.644. The molecule has 0 spiro atoms. The number of rotatable bonds is 2. The molecule has 102 valence electrons. The van der Waals surface area contributed by atoms with Gasteiger partial charge in [-0.2, -0.15) is 0 Å². The molecule has 3 aliphatic rings. The van der Waals surface area contributed by atoms with Crippen LogP contribution in [0.5, 0.6) is 0 Å². The molecule has 2 saturated carbocycles. The van der Waals surface area contributed by atoms with Crippen LogP contribution in [0.3, 0.4) is 0 Å². The summed E-state index contributed by atoms with van der Waals surface area (Å²) in [6.45, 7) is 0. The zero-order valence-electron chi connectivity index (χ0n) is 11.6. The topological polar surface area (TPSA) is 0 Å². The molecule has 0 saturated heterocycles. The van der Waals surface area contributed by atoms with Gasteiger partial charge in [-0.3, -0.25) is 0 Å². The molecular weight excluding hydrogens is 252 g/mol. The van der Waals surface area contributed by atoms with E-state index < -0.39 is 0 Å². The van der Waals surface area contributed by atoms with Gasteiger partial charge in [-0.05, 0) is 79.4 Å². The summed E-state index contributed by atoms with van der Waals surface area (Å²) in [4.78, 5) is 0. The minimum Gasteiger partial charge on any atom is -0.118 e. The fraction of sp³-hybridized carbons (Fsp3) is 0.667. The monoisotopic (exact) mass is 274 g/mol. The molecule has 0 nitrogen and oxygen atoms in total. The molecule has 0 aliphatic heterocycles. The van der Waals surface area contributed by atoms with Crippen molar-refractivity contribution in [2.75, 3.05) is 0 Å². The van der Waals surface area contributed by atoms with Gasteiger partial charge in [-0.25, -0.2) is 0 Å². The van der Waals surface area contributed by atoms with Crippen LogP contribution in [0.4, 0.5) is 0 Å². The molecular formula is C18H23Cl. The molecule has 3 aliphatic carbocycles. The average Bonchev–Trinajstić information content (AvgIpc) is 3.08. The minimum absolute atomic E-state index is 0.266. The number of alkyl halides is 1. The maximum atomic E-state index is 6.85. The molecule has 0 amide bonds. The number of hydrogen-bond donors (Lipinski definition) is 0. The summed E-state index contributed by atoms with van der Waals surface area (Å²) in [5.41, 5.74) is 4.56.